The fourth-order valence-corrected chi connectivity index (χ4v) is 2.14. The maximum atomic E-state index is 11.1. The van der Waals surface area contributed by atoms with E-state index < -0.39 is 0 Å². The van der Waals surface area contributed by atoms with Crippen LogP contribution < -0.4 is 0 Å². The average Bonchev–Trinajstić information content (AvgIpc) is 2.35. The molecule has 0 aliphatic carbocycles. The smallest absolute Gasteiger partial charge is 0.333 e. The summed E-state index contributed by atoms with van der Waals surface area (Å²) in [7, 11) is 0. The summed E-state index contributed by atoms with van der Waals surface area (Å²) in [4.78, 5) is 11.1. The van der Waals surface area contributed by atoms with Crippen molar-refractivity contribution in [3.05, 3.63) is 12.2 Å². The zero-order valence-corrected chi connectivity index (χ0v) is 12.5. The first-order valence-electron chi connectivity index (χ1n) is 7.44. The van der Waals surface area contributed by atoms with Crippen LogP contribution in [0.4, 0.5) is 0 Å². The summed E-state index contributed by atoms with van der Waals surface area (Å²) < 4.78 is 5.05. The molecular formula is C16H30O2. The van der Waals surface area contributed by atoms with Crippen LogP contribution in [0.25, 0.3) is 0 Å². The zero-order chi connectivity index (χ0) is 13.8. The predicted molar refractivity (Wildman–Crippen MR) is 77.5 cm³/mol. The highest BCUT2D eigenvalue weighted by Crippen LogP contribution is 2.19. The third kappa shape index (κ3) is 9.26. The summed E-state index contributed by atoms with van der Waals surface area (Å²) in [6, 6.07) is 0. The lowest BCUT2D eigenvalue weighted by Gasteiger charge is -2.13. The van der Waals surface area contributed by atoms with Gasteiger partial charge in [-0.05, 0) is 19.3 Å². The molecule has 0 fully saturated rings. The van der Waals surface area contributed by atoms with Crippen LogP contribution in [-0.4, -0.2) is 12.6 Å². The van der Waals surface area contributed by atoms with E-state index in [0.29, 0.717) is 12.2 Å². The Bertz CT molecular complexity index is 233. The van der Waals surface area contributed by atoms with E-state index in [1.807, 2.05) is 0 Å². The Morgan fingerprint density at radius 2 is 1.78 bits per heavy atom. The molecule has 1 unspecified atom stereocenters. The molecule has 18 heavy (non-hydrogen) atoms. The van der Waals surface area contributed by atoms with Gasteiger partial charge in [-0.2, -0.15) is 0 Å². The van der Waals surface area contributed by atoms with Gasteiger partial charge in [0.2, 0.25) is 0 Å². The summed E-state index contributed by atoms with van der Waals surface area (Å²) >= 11 is 0. The zero-order valence-electron chi connectivity index (χ0n) is 12.5. The van der Waals surface area contributed by atoms with Crippen LogP contribution in [0.5, 0.6) is 0 Å². The highest BCUT2D eigenvalue weighted by Gasteiger charge is 2.05. The number of unbranched alkanes of at least 4 members (excludes halogenated alkanes) is 3. The van der Waals surface area contributed by atoms with Gasteiger partial charge >= 0.3 is 5.97 Å². The molecule has 0 heterocycles. The molecule has 2 heteroatoms. The molecule has 0 N–H and O–H groups in total. The molecule has 0 spiro atoms. The van der Waals surface area contributed by atoms with Gasteiger partial charge in [0.05, 0.1) is 6.61 Å². The van der Waals surface area contributed by atoms with Crippen molar-refractivity contribution in [2.75, 3.05) is 6.61 Å². The Balaban J connectivity index is 3.35. The van der Waals surface area contributed by atoms with Crippen molar-refractivity contribution < 1.29 is 9.53 Å². The molecule has 0 aliphatic rings. The van der Waals surface area contributed by atoms with Gasteiger partial charge in [-0.15, -0.1) is 0 Å². The first kappa shape index (κ1) is 17.2. The number of ether oxygens (including phenoxy) is 1. The van der Waals surface area contributed by atoms with Gasteiger partial charge in [-0.25, -0.2) is 4.79 Å². The molecule has 106 valence electrons. The molecule has 0 aliphatic heterocycles. The van der Waals surface area contributed by atoms with Crippen molar-refractivity contribution in [2.24, 2.45) is 5.92 Å². The first-order valence-corrected chi connectivity index (χ1v) is 7.44. The van der Waals surface area contributed by atoms with Crippen LogP contribution in [-0.2, 0) is 9.53 Å². The van der Waals surface area contributed by atoms with Gasteiger partial charge in [0, 0.05) is 5.57 Å². The number of hydrogen-bond acceptors (Lipinski definition) is 2. The molecule has 0 aromatic carbocycles. The van der Waals surface area contributed by atoms with Crippen molar-refractivity contribution >= 4 is 5.97 Å². The standard InChI is InChI=1S/C16H30O2/c1-5-11-15(6-2)12-9-7-8-10-13-18-16(17)14(3)4/h15H,3,5-13H2,1-2,4H3. The van der Waals surface area contributed by atoms with Crippen molar-refractivity contribution in [3.8, 4) is 0 Å². The van der Waals surface area contributed by atoms with Gasteiger partial charge in [0.15, 0.2) is 0 Å². The normalized spacial score (nSPS) is 12.2. The van der Waals surface area contributed by atoms with Gasteiger partial charge < -0.3 is 4.74 Å². The minimum absolute atomic E-state index is 0.260. The second-order valence-corrected chi connectivity index (χ2v) is 5.18. The van der Waals surface area contributed by atoms with Gasteiger partial charge in [0.25, 0.3) is 0 Å². The minimum atomic E-state index is -0.260. The van der Waals surface area contributed by atoms with Crippen molar-refractivity contribution in [1.29, 1.82) is 0 Å². The largest absolute Gasteiger partial charge is 0.462 e. The highest BCUT2D eigenvalue weighted by atomic mass is 16.5. The van der Waals surface area contributed by atoms with Crippen molar-refractivity contribution in [1.82, 2.24) is 0 Å². The summed E-state index contributed by atoms with van der Waals surface area (Å²) in [5, 5.41) is 0. The van der Waals surface area contributed by atoms with E-state index in [2.05, 4.69) is 20.4 Å². The van der Waals surface area contributed by atoms with Crippen molar-refractivity contribution in [2.45, 2.75) is 72.1 Å². The van der Waals surface area contributed by atoms with Crippen LogP contribution in [0.15, 0.2) is 12.2 Å². The number of hydrogen-bond donors (Lipinski definition) is 0. The summed E-state index contributed by atoms with van der Waals surface area (Å²) in [5.74, 6) is 0.653. The van der Waals surface area contributed by atoms with Crippen LogP contribution in [0, 0.1) is 5.92 Å². The molecule has 0 rings (SSSR count). The molecule has 0 aromatic rings. The second kappa shape index (κ2) is 11.3. The molecular weight excluding hydrogens is 224 g/mol. The average molecular weight is 254 g/mol. The van der Waals surface area contributed by atoms with Crippen LogP contribution in [0.1, 0.15) is 72.1 Å². The molecule has 0 radical (unpaired) electrons. The summed E-state index contributed by atoms with van der Waals surface area (Å²) in [6.07, 6.45) is 10.0. The van der Waals surface area contributed by atoms with Crippen molar-refractivity contribution in [3.63, 3.8) is 0 Å². The highest BCUT2D eigenvalue weighted by molar-refractivity contribution is 5.86. The molecule has 0 aromatic heterocycles. The van der Waals surface area contributed by atoms with Crippen LogP contribution >= 0.6 is 0 Å². The number of carbonyl (C=O) groups excluding carboxylic acids is 1. The molecule has 1 atom stereocenters. The van der Waals surface area contributed by atoms with Gasteiger partial charge in [-0.1, -0.05) is 65.4 Å². The summed E-state index contributed by atoms with van der Waals surface area (Å²) in [5.41, 5.74) is 0.486. The maximum Gasteiger partial charge on any atom is 0.333 e. The van der Waals surface area contributed by atoms with E-state index in [-0.39, 0.29) is 5.97 Å². The Morgan fingerprint density at radius 1 is 1.11 bits per heavy atom. The Hall–Kier alpha value is -0.790. The Morgan fingerprint density at radius 3 is 2.33 bits per heavy atom. The third-order valence-corrected chi connectivity index (χ3v) is 3.36. The molecule has 0 amide bonds. The Labute approximate surface area is 113 Å². The minimum Gasteiger partial charge on any atom is -0.462 e. The van der Waals surface area contributed by atoms with E-state index >= 15 is 0 Å². The number of carbonyl (C=O) groups is 1. The topological polar surface area (TPSA) is 26.3 Å². The monoisotopic (exact) mass is 254 g/mol. The predicted octanol–water partition coefficient (Wildman–Crippen LogP) is 4.88. The molecule has 0 saturated heterocycles. The number of esters is 1. The first-order chi connectivity index (χ1) is 8.61. The lowest BCUT2D eigenvalue weighted by Crippen LogP contribution is -2.06. The molecule has 0 bridgehead atoms. The lowest BCUT2D eigenvalue weighted by molar-refractivity contribution is -0.139. The third-order valence-electron chi connectivity index (χ3n) is 3.36. The Kier molecular flexibility index (Phi) is 10.8. The second-order valence-electron chi connectivity index (χ2n) is 5.18. The quantitative estimate of drug-likeness (QED) is 0.298. The fourth-order valence-electron chi connectivity index (χ4n) is 2.14. The maximum absolute atomic E-state index is 11.1. The summed E-state index contributed by atoms with van der Waals surface area (Å²) in [6.45, 7) is 10.3. The lowest BCUT2D eigenvalue weighted by atomic mass is 9.94. The number of rotatable bonds is 11. The van der Waals surface area contributed by atoms with Gasteiger partial charge in [-0.3, -0.25) is 0 Å². The van der Waals surface area contributed by atoms with E-state index in [4.69, 9.17) is 4.74 Å². The van der Waals surface area contributed by atoms with E-state index in [1.165, 1.54) is 38.5 Å². The SMILES string of the molecule is C=C(C)C(=O)OCCCCCCC(CC)CCC. The molecule has 0 saturated carbocycles. The van der Waals surface area contributed by atoms with Crippen LogP contribution in [0.2, 0.25) is 0 Å². The van der Waals surface area contributed by atoms with E-state index in [0.717, 1.165) is 18.8 Å². The van der Waals surface area contributed by atoms with E-state index in [1.54, 1.807) is 6.92 Å². The van der Waals surface area contributed by atoms with Crippen LogP contribution in [0.3, 0.4) is 0 Å². The van der Waals surface area contributed by atoms with E-state index in [9.17, 15) is 4.79 Å². The fraction of sp³-hybridized carbons (Fsp3) is 0.812. The molecule has 2 nitrogen and oxygen atoms in total. The van der Waals surface area contributed by atoms with Gasteiger partial charge in [0.1, 0.15) is 0 Å².